The summed E-state index contributed by atoms with van der Waals surface area (Å²) in [4.78, 5) is 4.52. The molecule has 0 N–H and O–H groups in total. The van der Waals surface area contributed by atoms with Crippen LogP contribution in [0.15, 0.2) is 36.7 Å². The van der Waals surface area contributed by atoms with Crippen LogP contribution in [0.2, 0.25) is 5.02 Å². The minimum Gasteiger partial charge on any atom is -0.478 e. The molecule has 0 aliphatic carbocycles. The lowest BCUT2D eigenvalue weighted by Gasteiger charge is -2.14. The van der Waals surface area contributed by atoms with E-state index in [0.29, 0.717) is 17.5 Å². The monoisotopic (exact) mass is 299 g/mol. The van der Waals surface area contributed by atoms with Gasteiger partial charge >= 0.3 is 0 Å². The molecule has 5 heteroatoms. The quantitative estimate of drug-likeness (QED) is 0.732. The fourth-order valence-corrected chi connectivity index (χ4v) is 2.49. The molecule has 1 aromatic carbocycles. The number of hydrogen-bond donors (Lipinski definition) is 0. The van der Waals surface area contributed by atoms with E-state index in [9.17, 15) is 0 Å². The molecule has 2 heterocycles. The smallest absolute Gasteiger partial charge is 0.217 e. The topological polar surface area (TPSA) is 47.9 Å². The number of benzene rings is 1. The Morgan fingerprint density at radius 3 is 2.52 bits per heavy atom. The Bertz CT molecular complexity index is 787. The summed E-state index contributed by atoms with van der Waals surface area (Å²) in [5, 5.41) is 9.54. The molecule has 106 valence electrons. The molecular formula is C16H14ClN3O. The van der Waals surface area contributed by atoms with Gasteiger partial charge in [0, 0.05) is 21.5 Å². The molecule has 0 bridgehead atoms. The fraction of sp³-hybridized carbons (Fsp3) is 0.188. The molecule has 3 rings (SSSR count). The third-order valence-electron chi connectivity index (χ3n) is 3.31. The van der Waals surface area contributed by atoms with Crippen molar-refractivity contribution in [3.63, 3.8) is 0 Å². The van der Waals surface area contributed by atoms with Crippen molar-refractivity contribution in [2.75, 3.05) is 6.61 Å². The summed E-state index contributed by atoms with van der Waals surface area (Å²) in [7, 11) is 0. The summed E-state index contributed by atoms with van der Waals surface area (Å²) in [5.41, 5.74) is 3.86. The molecular weight excluding hydrogens is 286 g/mol. The van der Waals surface area contributed by atoms with Gasteiger partial charge in [-0.05, 0) is 31.5 Å². The molecule has 3 aromatic rings. The van der Waals surface area contributed by atoms with Crippen LogP contribution in [0.5, 0.6) is 5.88 Å². The van der Waals surface area contributed by atoms with Gasteiger partial charge in [0.1, 0.15) is 0 Å². The molecule has 0 spiro atoms. The first kappa shape index (κ1) is 13.8. The maximum absolute atomic E-state index is 5.98. The summed E-state index contributed by atoms with van der Waals surface area (Å²) in [6, 6.07) is 7.72. The van der Waals surface area contributed by atoms with Gasteiger partial charge in [0.25, 0.3) is 0 Å². The Hall–Kier alpha value is -2.20. The third kappa shape index (κ3) is 2.54. The zero-order chi connectivity index (χ0) is 14.8. The number of pyridine rings is 1. The molecule has 0 unspecified atom stereocenters. The molecule has 0 fully saturated rings. The second-order valence-corrected chi connectivity index (χ2v) is 5.08. The molecule has 0 aliphatic heterocycles. The first-order valence-electron chi connectivity index (χ1n) is 6.70. The van der Waals surface area contributed by atoms with E-state index in [1.165, 1.54) is 0 Å². The Balaban J connectivity index is 2.32. The van der Waals surface area contributed by atoms with Gasteiger partial charge < -0.3 is 4.74 Å². The van der Waals surface area contributed by atoms with Crippen molar-refractivity contribution in [1.82, 2.24) is 15.2 Å². The van der Waals surface area contributed by atoms with Crippen LogP contribution in [0.3, 0.4) is 0 Å². The molecule has 0 aliphatic rings. The molecule has 2 aromatic heterocycles. The summed E-state index contributed by atoms with van der Waals surface area (Å²) in [5.74, 6) is 0.628. The summed E-state index contributed by atoms with van der Waals surface area (Å²) in [6.07, 6.45) is 3.38. The molecule has 0 amide bonds. The van der Waals surface area contributed by atoms with E-state index < -0.39 is 0 Å². The number of hydrogen-bond acceptors (Lipinski definition) is 4. The summed E-state index contributed by atoms with van der Waals surface area (Å²) in [6.45, 7) is 4.51. The highest BCUT2D eigenvalue weighted by Gasteiger charge is 2.14. The Morgan fingerprint density at radius 2 is 1.81 bits per heavy atom. The van der Waals surface area contributed by atoms with Crippen molar-refractivity contribution in [2.45, 2.75) is 13.8 Å². The van der Waals surface area contributed by atoms with E-state index in [0.717, 1.165) is 27.6 Å². The first-order chi connectivity index (χ1) is 10.2. The molecule has 21 heavy (non-hydrogen) atoms. The Morgan fingerprint density at radius 1 is 1.10 bits per heavy atom. The normalized spacial score (nSPS) is 10.8. The SMILES string of the molecule is CCOc1nc2cnncc2c(-c2ccc(Cl)cc2)c1C. The maximum Gasteiger partial charge on any atom is 0.217 e. The minimum absolute atomic E-state index is 0.567. The van der Waals surface area contributed by atoms with Crippen LogP contribution in [0.4, 0.5) is 0 Å². The van der Waals surface area contributed by atoms with Gasteiger partial charge in [0.15, 0.2) is 0 Å². The van der Waals surface area contributed by atoms with Crippen LogP contribution in [0.1, 0.15) is 12.5 Å². The van der Waals surface area contributed by atoms with E-state index in [-0.39, 0.29) is 0 Å². The van der Waals surface area contributed by atoms with Crippen molar-refractivity contribution < 1.29 is 4.74 Å². The first-order valence-corrected chi connectivity index (χ1v) is 7.08. The van der Waals surface area contributed by atoms with Gasteiger partial charge in [-0.3, -0.25) is 0 Å². The highest BCUT2D eigenvalue weighted by Crippen LogP contribution is 2.35. The van der Waals surface area contributed by atoms with Gasteiger partial charge in [0.05, 0.1) is 24.5 Å². The lowest BCUT2D eigenvalue weighted by molar-refractivity contribution is 0.326. The highest BCUT2D eigenvalue weighted by atomic mass is 35.5. The Labute approximate surface area is 127 Å². The van der Waals surface area contributed by atoms with Gasteiger partial charge in [-0.15, -0.1) is 0 Å². The predicted molar refractivity (Wildman–Crippen MR) is 83.7 cm³/mol. The van der Waals surface area contributed by atoms with Crippen molar-refractivity contribution in [1.29, 1.82) is 0 Å². The predicted octanol–water partition coefficient (Wildman–Crippen LogP) is 4.05. The highest BCUT2D eigenvalue weighted by molar-refractivity contribution is 6.30. The number of halogens is 1. The number of ether oxygens (including phenoxy) is 1. The summed E-state index contributed by atoms with van der Waals surface area (Å²) < 4.78 is 5.65. The van der Waals surface area contributed by atoms with E-state index >= 15 is 0 Å². The van der Waals surface area contributed by atoms with Gasteiger partial charge in [-0.25, -0.2) is 4.98 Å². The van der Waals surface area contributed by atoms with Crippen molar-refractivity contribution in [3.05, 3.63) is 47.2 Å². The Kier molecular flexibility index (Phi) is 3.71. The number of nitrogens with zero attached hydrogens (tertiary/aromatic N) is 3. The maximum atomic E-state index is 5.98. The van der Waals surface area contributed by atoms with E-state index in [1.54, 1.807) is 12.4 Å². The third-order valence-corrected chi connectivity index (χ3v) is 3.56. The van der Waals surface area contributed by atoms with Crippen LogP contribution in [0.25, 0.3) is 22.0 Å². The average molecular weight is 300 g/mol. The van der Waals surface area contributed by atoms with E-state index in [1.807, 2.05) is 38.1 Å². The van der Waals surface area contributed by atoms with E-state index in [2.05, 4.69) is 15.2 Å². The standard InChI is InChI=1S/C16H14ClN3O/c1-3-21-16-10(2)15(11-4-6-12(17)7-5-11)13-8-18-19-9-14(13)20-16/h4-9H,3H2,1-2H3. The zero-order valence-corrected chi connectivity index (χ0v) is 12.6. The van der Waals surface area contributed by atoms with Gasteiger partial charge in [0.2, 0.25) is 5.88 Å². The van der Waals surface area contributed by atoms with Crippen LogP contribution in [-0.4, -0.2) is 21.8 Å². The lowest BCUT2D eigenvalue weighted by Crippen LogP contribution is -2.00. The second-order valence-electron chi connectivity index (χ2n) is 4.64. The number of aromatic nitrogens is 3. The van der Waals surface area contributed by atoms with Crippen LogP contribution in [0, 0.1) is 6.92 Å². The summed E-state index contributed by atoms with van der Waals surface area (Å²) >= 11 is 5.98. The van der Waals surface area contributed by atoms with Crippen LogP contribution >= 0.6 is 11.6 Å². The lowest BCUT2D eigenvalue weighted by atomic mass is 9.98. The van der Waals surface area contributed by atoms with Crippen molar-refractivity contribution in [2.24, 2.45) is 0 Å². The minimum atomic E-state index is 0.567. The molecule has 0 saturated carbocycles. The molecule has 0 atom stereocenters. The van der Waals surface area contributed by atoms with Crippen molar-refractivity contribution >= 4 is 22.5 Å². The zero-order valence-electron chi connectivity index (χ0n) is 11.8. The van der Waals surface area contributed by atoms with E-state index in [4.69, 9.17) is 16.3 Å². The van der Waals surface area contributed by atoms with Crippen molar-refractivity contribution in [3.8, 4) is 17.0 Å². The molecule has 0 saturated heterocycles. The number of rotatable bonds is 3. The average Bonchev–Trinajstić information content (AvgIpc) is 2.50. The van der Waals surface area contributed by atoms with Gasteiger partial charge in [-0.2, -0.15) is 10.2 Å². The number of fused-ring (bicyclic) bond motifs is 1. The second kappa shape index (κ2) is 5.66. The van der Waals surface area contributed by atoms with Crippen LogP contribution in [-0.2, 0) is 0 Å². The van der Waals surface area contributed by atoms with Gasteiger partial charge in [-0.1, -0.05) is 23.7 Å². The molecule has 0 radical (unpaired) electrons. The molecule has 4 nitrogen and oxygen atoms in total. The fourth-order valence-electron chi connectivity index (χ4n) is 2.36. The largest absolute Gasteiger partial charge is 0.478 e. The van der Waals surface area contributed by atoms with Crippen LogP contribution < -0.4 is 4.74 Å².